The van der Waals surface area contributed by atoms with Gasteiger partial charge in [-0.15, -0.1) is 0 Å². The lowest BCUT2D eigenvalue weighted by Crippen LogP contribution is -2.32. The van der Waals surface area contributed by atoms with Gasteiger partial charge in [-0.25, -0.2) is 4.79 Å². The SMILES string of the molecule is CCC(COC(=O)NCCC(=O)O)O[C@H](CC)CO. The summed E-state index contributed by atoms with van der Waals surface area (Å²) in [7, 11) is 0. The topological polar surface area (TPSA) is 105 Å². The molecule has 7 heteroatoms. The van der Waals surface area contributed by atoms with Crippen molar-refractivity contribution in [1.29, 1.82) is 0 Å². The van der Waals surface area contributed by atoms with Crippen molar-refractivity contribution in [3.63, 3.8) is 0 Å². The molecule has 112 valence electrons. The van der Waals surface area contributed by atoms with E-state index in [4.69, 9.17) is 19.7 Å². The summed E-state index contributed by atoms with van der Waals surface area (Å²) in [5.41, 5.74) is 0. The van der Waals surface area contributed by atoms with E-state index >= 15 is 0 Å². The third-order valence-corrected chi connectivity index (χ3v) is 2.51. The van der Waals surface area contributed by atoms with Crippen molar-refractivity contribution in [2.45, 2.75) is 45.3 Å². The summed E-state index contributed by atoms with van der Waals surface area (Å²) in [5.74, 6) is -0.983. The minimum absolute atomic E-state index is 0.0278. The van der Waals surface area contributed by atoms with Gasteiger partial charge >= 0.3 is 12.1 Å². The van der Waals surface area contributed by atoms with Crippen LogP contribution in [-0.4, -0.2) is 54.2 Å². The van der Waals surface area contributed by atoms with Crippen LogP contribution in [0.2, 0.25) is 0 Å². The maximum absolute atomic E-state index is 11.2. The predicted molar refractivity (Wildman–Crippen MR) is 67.9 cm³/mol. The van der Waals surface area contributed by atoms with Crippen LogP contribution in [0.5, 0.6) is 0 Å². The third-order valence-electron chi connectivity index (χ3n) is 2.51. The Labute approximate surface area is 112 Å². The monoisotopic (exact) mass is 277 g/mol. The molecule has 0 rings (SSSR count). The molecular weight excluding hydrogens is 254 g/mol. The minimum atomic E-state index is -0.983. The highest BCUT2D eigenvalue weighted by atomic mass is 16.6. The number of aliphatic carboxylic acids is 1. The number of aliphatic hydroxyl groups excluding tert-OH is 1. The highest BCUT2D eigenvalue weighted by Crippen LogP contribution is 2.06. The summed E-state index contributed by atoms with van der Waals surface area (Å²) < 4.78 is 10.5. The van der Waals surface area contributed by atoms with E-state index in [2.05, 4.69) is 5.32 Å². The third kappa shape index (κ3) is 9.26. The number of carbonyl (C=O) groups is 2. The van der Waals surface area contributed by atoms with Crippen molar-refractivity contribution >= 4 is 12.1 Å². The van der Waals surface area contributed by atoms with Crippen LogP contribution in [0.1, 0.15) is 33.1 Å². The van der Waals surface area contributed by atoms with E-state index in [9.17, 15) is 9.59 Å². The summed E-state index contributed by atoms with van der Waals surface area (Å²) in [6.07, 6.45) is -0.0200. The molecular formula is C12H23NO6. The molecule has 0 fully saturated rings. The Balaban J connectivity index is 3.86. The average Bonchev–Trinajstić information content (AvgIpc) is 2.38. The van der Waals surface area contributed by atoms with Gasteiger partial charge in [-0.2, -0.15) is 0 Å². The van der Waals surface area contributed by atoms with Gasteiger partial charge in [0.15, 0.2) is 0 Å². The van der Waals surface area contributed by atoms with E-state index in [1.807, 2.05) is 13.8 Å². The Kier molecular flexibility index (Phi) is 9.82. The number of hydrogen-bond acceptors (Lipinski definition) is 5. The molecule has 0 radical (unpaired) electrons. The van der Waals surface area contributed by atoms with Crippen molar-refractivity contribution in [1.82, 2.24) is 5.32 Å². The lowest BCUT2D eigenvalue weighted by molar-refractivity contribution is -0.136. The van der Waals surface area contributed by atoms with Crippen LogP contribution in [0.4, 0.5) is 4.79 Å². The van der Waals surface area contributed by atoms with Gasteiger partial charge < -0.3 is 25.0 Å². The molecule has 0 heterocycles. The number of carboxylic acid groups (broad SMARTS) is 1. The highest BCUT2D eigenvalue weighted by Gasteiger charge is 2.15. The number of amides is 1. The van der Waals surface area contributed by atoms with Crippen LogP contribution >= 0.6 is 0 Å². The maximum atomic E-state index is 11.2. The first kappa shape index (κ1) is 17.7. The lowest BCUT2D eigenvalue weighted by Gasteiger charge is -2.21. The molecule has 0 saturated heterocycles. The van der Waals surface area contributed by atoms with Crippen LogP contribution in [-0.2, 0) is 14.3 Å². The Morgan fingerprint density at radius 3 is 2.32 bits per heavy atom. The summed E-state index contributed by atoms with van der Waals surface area (Å²) in [6, 6.07) is 0. The van der Waals surface area contributed by atoms with Gasteiger partial charge in [-0.3, -0.25) is 4.79 Å². The van der Waals surface area contributed by atoms with Crippen molar-refractivity contribution in [3.8, 4) is 0 Å². The Bertz CT molecular complexity index is 267. The summed E-state index contributed by atoms with van der Waals surface area (Å²) in [6.45, 7) is 3.82. The van der Waals surface area contributed by atoms with Crippen LogP contribution in [0, 0.1) is 0 Å². The van der Waals surface area contributed by atoms with E-state index < -0.39 is 12.1 Å². The van der Waals surface area contributed by atoms with Crippen LogP contribution in [0.15, 0.2) is 0 Å². The number of rotatable bonds is 10. The van der Waals surface area contributed by atoms with E-state index in [0.29, 0.717) is 12.8 Å². The summed E-state index contributed by atoms with van der Waals surface area (Å²) in [5, 5.41) is 19.7. The second-order valence-electron chi connectivity index (χ2n) is 4.05. The molecule has 0 saturated carbocycles. The molecule has 0 aliphatic rings. The first-order valence-corrected chi connectivity index (χ1v) is 6.42. The molecule has 7 nitrogen and oxygen atoms in total. The number of carbonyl (C=O) groups excluding carboxylic acids is 1. The molecule has 0 spiro atoms. The largest absolute Gasteiger partial charge is 0.481 e. The quantitative estimate of drug-likeness (QED) is 0.544. The molecule has 2 atom stereocenters. The van der Waals surface area contributed by atoms with E-state index in [1.165, 1.54) is 0 Å². The predicted octanol–water partition coefficient (Wildman–Crippen LogP) is 0.753. The van der Waals surface area contributed by atoms with Crippen LogP contribution in [0.25, 0.3) is 0 Å². The molecule has 0 aliphatic heterocycles. The lowest BCUT2D eigenvalue weighted by atomic mass is 10.2. The molecule has 0 bridgehead atoms. The summed E-state index contributed by atoms with van der Waals surface area (Å²) in [4.78, 5) is 21.5. The zero-order chi connectivity index (χ0) is 14.7. The molecule has 1 amide bonds. The fourth-order valence-corrected chi connectivity index (χ4v) is 1.29. The zero-order valence-electron chi connectivity index (χ0n) is 11.4. The fraction of sp³-hybridized carbons (Fsp3) is 0.833. The first-order valence-electron chi connectivity index (χ1n) is 6.42. The number of nitrogens with one attached hydrogen (secondary N) is 1. The molecule has 0 aromatic heterocycles. The van der Waals surface area contributed by atoms with E-state index in [1.54, 1.807) is 0 Å². The van der Waals surface area contributed by atoms with Gasteiger partial charge in [0.1, 0.15) is 6.61 Å². The van der Waals surface area contributed by atoms with Gasteiger partial charge in [0.2, 0.25) is 0 Å². The Hall–Kier alpha value is -1.34. The van der Waals surface area contributed by atoms with Crippen LogP contribution in [0.3, 0.4) is 0 Å². The smallest absolute Gasteiger partial charge is 0.407 e. The van der Waals surface area contributed by atoms with Crippen molar-refractivity contribution < 1.29 is 29.3 Å². The number of aliphatic hydroxyl groups is 1. The van der Waals surface area contributed by atoms with Crippen LogP contribution < -0.4 is 5.32 Å². The van der Waals surface area contributed by atoms with Gasteiger partial charge in [-0.05, 0) is 12.8 Å². The Morgan fingerprint density at radius 1 is 1.21 bits per heavy atom. The standard InChI is InChI=1S/C12H23NO6/c1-3-9(7-14)19-10(4-2)8-18-12(17)13-6-5-11(15)16/h9-10,14H,3-8H2,1-2H3,(H,13,17)(H,15,16)/t9-,10?/m1/s1. The highest BCUT2D eigenvalue weighted by molar-refractivity contribution is 5.70. The number of ether oxygens (including phenoxy) is 2. The Morgan fingerprint density at radius 2 is 1.84 bits per heavy atom. The first-order chi connectivity index (χ1) is 9.03. The zero-order valence-corrected chi connectivity index (χ0v) is 11.4. The maximum Gasteiger partial charge on any atom is 0.407 e. The van der Waals surface area contributed by atoms with Crippen molar-refractivity contribution in [2.24, 2.45) is 0 Å². The molecule has 19 heavy (non-hydrogen) atoms. The van der Waals surface area contributed by atoms with E-state index in [0.717, 1.165) is 0 Å². The van der Waals surface area contributed by atoms with Gasteiger partial charge in [0, 0.05) is 6.54 Å². The van der Waals surface area contributed by atoms with Gasteiger partial charge in [-0.1, -0.05) is 13.8 Å². The molecule has 0 aromatic rings. The van der Waals surface area contributed by atoms with Gasteiger partial charge in [0.25, 0.3) is 0 Å². The van der Waals surface area contributed by atoms with Crippen molar-refractivity contribution in [3.05, 3.63) is 0 Å². The number of alkyl carbamates (subject to hydrolysis) is 1. The minimum Gasteiger partial charge on any atom is -0.481 e. The number of hydrogen-bond donors (Lipinski definition) is 3. The second-order valence-corrected chi connectivity index (χ2v) is 4.05. The molecule has 1 unspecified atom stereocenters. The van der Waals surface area contributed by atoms with Crippen molar-refractivity contribution in [2.75, 3.05) is 19.8 Å². The molecule has 0 aromatic carbocycles. The van der Waals surface area contributed by atoms with E-state index in [-0.39, 0.29) is 38.4 Å². The average molecular weight is 277 g/mol. The second kappa shape index (κ2) is 10.6. The molecule has 3 N–H and O–H groups in total. The fourth-order valence-electron chi connectivity index (χ4n) is 1.29. The summed E-state index contributed by atoms with van der Waals surface area (Å²) >= 11 is 0. The normalized spacial score (nSPS) is 13.6. The van der Waals surface area contributed by atoms with Gasteiger partial charge in [0.05, 0.1) is 25.2 Å². The number of carboxylic acids is 1. The molecule has 0 aliphatic carbocycles.